The summed E-state index contributed by atoms with van der Waals surface area (Å²) >= 11 is 0. The van der Waals surface area contributed by atoms with E-state index in [1.807, 2.05) is 62.4 Å². The zero-order chi connectivity index (χ0) is 23.1. The second-order valence-corrected chi connectivity index (χ2v) is 9.18. The van der Waals surface area contributed by atoms with Gasteiger partial charge < -0.3 is 5.32 Å². The fourth-order valence-electron chi connectivity index (χ4n) is 3.52. The first-order valence-electron chi connectivity index (χ1n) is 10.6. The summed E-state index contributed by atoms with van der Waals surface area (Å²) < 4.78 is 41.6. The third-order valence-electron chi connectivity index (χ3n) is 5.27. The molecule has 1 amide bonds. The first kappa shape index (κ1) is 23.6. The zero-order valence-electron chi connectivity index (χ0n) is 18.1. The third kappa shape index (κ3) is 5.81. The van der Waals surface area contributed by atoms with Crippen LogP contribution in [0.25, 0.3) is 0 Å². The number of nitrogens with one attached hydrogen (secondary N) is 2. The molecule has 1 unspecified atom stereocenters. The Morgan fingerprint density at radius 3 is 2.03 bits per heavy atom. The second kappa shape index (κ2) is 10.5. The molecule has 1 atom stereocenters. The number of halogens is 1. The van der Waals surface area contributed by atoms with Crippen molar-refractivity contribution in [1.29, 1.82) is 0 Å². The fraction of sp³-hybridized carbons (Fsp3) is 0.240. The molecule has 168 valence electrons. The van der Waals surface area contributed by atoms with Crippen LogP contribution in [0.4, 0.5) is 10.1 Å². The van der Waals surface area contributed by atoms with Crippen LogP contribution in [-0.2, 0) is 34.1 Å². The van der Waals surface area contributed by atoms with E-state index in [1.54, 1.807) is 0 Å². The normalized spacial score (nSPS) is 12.3. The van der Waals surface area contributed by atoms with Gasteiger partial charge in [0, 0.05) is 5.69 Å². The van der Waals surface area contributed by atoms with Gasteiger partial charge in [-0.25, -0.2) is 12.8 Å². The Labute approximate surface area is 188 Å². The third-order valence-corrected chi connectivity index (χ3v) is 6.76. The molecule has 5 nitrogen and oxygen atoms in total. The molecule has 0 spiro atoms. The van der Waals surface area contributed by atoms with E-state index in [9.17, 15) is 17.6 Å². The van der Waals surface area contributed by atoms with E-state index in [0.29, 0.717) is 0 Å². The van der Waals surface area contributed by atoms with Crippen molar-refractivity contribution < 1.29 is 17.6 Å². The molecule has 3 aromatic rings. The maximum atomic E-state index is 13.3. The van der Waals surface area contributed by atoms with Crippen molar-refractivity contribution in [3.05, 3.63) is 95.3 Å². The van der Waals surface area contributed by atoms with Crippen LogP contribution in [0.1, 0.15) is 30.5 Å². The van der Waals surface area contributed by atoms with Crippen LogP contribution in [0.5, 0.6) is 0 Å². The summed E-state index contributed by atoms with van der Waals surface area (Å²) in [6.45, 7) is 4.01. The highest BCUT2D eigenvalue weighted by molar-refractivity contribution is 7.89. The van der Waals surface area contributed by atoms with Gasteiger partial charge in [-0.15, -0.1) is 0 Å². The van der Waals surface area contributed by atoms with Gasteiger partial charge in [0.25, 0.3) is 0 Å². The van der Waals surface area contributed by atoms with Gasteiger partial charge in [-0.1, -0.05) is 62.4 Å². The van der Waals surface area contributed by atoms with Crippen molar-refractivity contribution in [2.75, 3.05) is 5.32 Å². The molecule has 0 aliphatic heterocycles. The lowest BCUT2D eigenvalue weighted by molar-refractivity contribution is -0.117. The summed E-state index contributed by atoms with van der Waals surface area (Å²) in [6, 6.07) is 18.5. The van der Waals surface area contributed by atoms with Crippen molar-refractivity contribution in [1.82, 2.24) is 4.72 Å². The van der Waals surface area contributed by atoms with E-state index in [0.717, 1.165) is 47.4 Å². The molecular formula is C25H27FN2O3S. The number of hydrogen-bond acceptors (Lipinski definition) is 3. The Hall–Kier alpha value is -3.03. The van der Waals surface area contributed by atoms with E-state index in [-0.39, 0.29) is 11.3 Å². The van der Waals surface area contributed by atoms with Crippen molar-refractivity contribution in [2.24, 2.45) is 0 Å². The second-order valence-electron chi connectivity index (χ2n) is 7.47. The maximum Gasteiger partial charge on any atom is 0.242 e. The van der Waals surface area contributed by atoms with E-state index in [4.69, 9.17) is 0 Å². The van der Waals surface area contributed by atoms with Gasteiger partial charge in [-0.3, -0.25) is 4.79 Å². The van der Waals surface area contributed by atoms with Gasteiger partial charge in [0.1, 0.15) is 11.9 Å². The molecule has 3 rings (SSSR count). The summed E-state index contributed by atoms with van der Waals surface area (Å²) in [7, 11) is -4.04. The largest absolute Gasteiger partial charge is 0.324 e. The summed E-state index contributed by atoms with van der Waals surface area (Å²) in [5.41, 5.74) is 3.51. The lowest BCUT2D eigenvalue weighted by Crippen LogP contribution is -2.45. The Morgan fingerprint density at radius 1 is 0.875 bits per heavy atom. The SMILES string of the molecule is CCc1cccc(CC)c1NC(=O)C(Cc1ccccc1)NS(=O)(=O)c1ccc(F)cc1. The highest BCUT2D eigenvalue weighted by Crippen LogP contribution is 2.23. The van der Waals surface area contributed by atoms with Gasteiger partial charge in [0.15, 0.2) is 0 Å². The maximum absolute atomic E-state index is 13.3. The number of carbonyl (C=O) groups is 1. The number of sulfonamides is 1. The molecule has 0 aliphatic rings. The van der Waals surface area contributed by atoms with E-state index in [1.165, 1.54) is 12.1 Å². The average Bonchev–Trinajstić information content (AvgIpc) is 2.79. The minimum atomic E-state index is -4.04. The topological polar surface area (TPSA) is 75.3 Å². The number of para-hydroxylation sites is 1. The predicted molar refractivity (Wildman–Crippen MR) is 124 cm³/mol. The molecule has 0 radical (unpaired) electrons. The van der Waals surface area contributed by atoms with Gasteiger partial charge >= 0.3 is 0 Å². The molecule has 2 N–H and O–H groups in total. The van der Waals surface area contributed by atoms with Crippen LogP contribution in [0.15, 0.2) is 77.7 Å². The van der Waals surface area contributed by atoms with Crippen molar-refractivity contribution >= 4 is 21.6 Å². The molecule has 0 fully saturated rings. The number of hydrogen-bond donors (Lipinski definition) is 2. The molecule has 0 saturated carbocycles. The van der Waals surface area contributed by atoms with Crippen LogP contribution in [0.2, 0.25) is 0 Å². The summed E-state index contributed by atoms with van der Waals surface area (Å²) in [5, 5.41) is 2.96. The molecule has 0 aromatic heterocycles. The molecule has 3 aromatic carbocycles. The molecule has 32 heavy (non-hydrogen) atoms. The first-order chi connectivity index (χ1) is 15.3. The number of amides is 1. The van der Waals surface area contributed by atoms with E-state index in [2.05, 4.69) is 10.0 Å². The minimum Gasteiger partial charge on any atom is -0.324 e. The lowest BCUT2D eigenvalue weighted by Gasteiger charge is -2.21. The smallest absolute Gasteiger partial charge is 0.242 e. The number of carbonyl (C=O) groups excluding carboxylic acids is 1. The molecular weight excluding hydrogens is 427 g/mol. The average molecular weight is 455 g/mol. The molecule has 0 saturated heterocycles. The summed E-state index contributed by atoms with van der Waals surface area (Å²) in [6.07, 6.45) is 1.63. The van der Waals surface area contributed by atoms with E-state index < -0.39 is 27.8 Å². The van der Waals surface area contributed by atoms with Gasteiger partial charge in [0.05, 0.1) is 4.90 Å². The van der Waals surface area contributed by atoms with Crippen LogP contribution in [0.3, 0.4) is 0 Å². The van der Waals surface area contributed by atoms with Gasteiger partial charge in [0.2, 0.25) is 15.9 Å². The highest BCUT2D eigenvalue weighted by atomic mass is 32.2. The Bertz CT molecular complexity index is 1140. The Balaban J connectivity index is 1.92. The van der Waals surface area contributed by atoms with E-state index >= 15 is 0 Å². The molecule has 0 heterocycles. The Morgan fingerprint density at radius 2 is 1.47 bits per heavy atom. The monoisotopic (exact) mass is 454 g/mol. The van der Waals surface area contributed by atoms with Crippen molar-refractivity contribution in [3.8, 4) is 0 Å². The van der Waals surface area contributed by atoms with Crippen LogP contribution < -0.4 is 10.0 Å². The molecule has 7 heteroatoms. The van der Waals surface area contributed by atoms with Gasteiger partial charge in [-0.05, 0) is 60.2 Å². The van der Waals surface area contributed by atoms with Crippen LogP contribution >= 0.6 is 0 Å². The number of aryl methyl sites for hydroxylation is 2. The minimum absolute atomic E-state index is 0.104. The number of rotatable bonds is 9. The zero-order valence-corrected chi connectivity index (χ0v) is 19.0. The lowest BCUT2D eigenvalue weighted by atomic mass is 10.0. The first-order valence-corrected chi connectivity index (χ1v) is 12.1. The Kier molecular flexibility index (Phi) is 7.77. The van der Waals surface area contributed by atoms with Crippen molar-refractivity contribution in [2.45, 2.75) is 44.0 Å². The quantitative estimate of drug-likeness (QED) is 0.501. The van der Waals surface area contributed by atoms with Gasteiger partial charge in [-0.2, -0.15) is 4.72 Å². The number of anilines is 1. The summed E-state index contributed by atoms with van der Waals surface area (Å²) in [4.78, 5) is 13.2. The standard InChI is InChI=1S/C25H27FN2O3S/c1-3-19-11-8-12-20(4-2)24(19)27-25(29)23(17-18-9-6-5-7-10-18)28-32(30,31)22-15-13-21(26)14-16-22/h5-16,23,28H,3-4,17H2,1-2H3,(H,27,29). The summed E-state index contributed by atoms with van der Waals surface area (Å²) in [5.74, 6) is -0.985. The molecule has 0 aliphatic carbocycles. The van der Waals surface area contributed by atoms with Crippen LogP contribution in [-0.4, -0.2) is 20.4 Å². The molecule has 0 bridgehead atoms. The van der Waals surface area contributed by atoms with Crippen molar-refractivity contribution in [3.63, 3.8) is 0 Å². The van der Waals surface area contributed by atoms with Crippen LogP contribution in [0, 0.1) is 5.82 Å². The highest BCUT2D eigenvalue weighted by Gasteiger charge is 2.27. The number of benzene rings is 3. The predicted octanol–water partition coefficient (Wildman–Crippen LogP) is 4.48. The fourth-order valence-corrected chi connectivity index (χ4v) is 4.72.